The molecule has 5 nitrogen and oxygen atoms in total. The van der Waals surface area contributed by atoms with Gasteiger partial charge in [0, 0.05) is 55.3 Å². The van der Waals surface area contributed by atoms with E-state index in [2.05, 4.69) is 35.7 Å². The molecule has 1 aromatic rings. The Hall–Kier alpha value is -0.910. The average Bonchev–Trinajstić information content (AvgIpc) is 2.66. The number of aliphatic hydroxyl groups is 1. The van der Waals surface area contributed by atoms with Crippen molar-refractivity contribution >= 4 is 0 Å². The number of aryl methyl sites for hydroxylation is 1. The molecule has 4 bridgehead atoms. The first kappa shape index (κ1) is 12.8. The van der Waals surface area contributed by atoms with E-state index in [1.165, 1.54) is 11.3 Å². The van der Waals surface area contributed by atoms with Gasteiger partial charge in [0.25, 0.3) is 0 Å². The predicted octanol–water partition coefficient (Wildman–Crippen LogP) is 0.745. The molecule has 4 saturated heterocycles. The molecule has 0 saturated carbocycles. The third-order valence-corrected chi connectivity index (χ3v) is 5.82. The summed E-state index contributed by atoms with van der Waals surface area (Å²) in [6.07, 6.45) is 2.18. The van der Waals surface area contributed by atoms with E-state index in [-0.39, 0.29) is 16.9 Å². The molecule has 20 heavy (non-hydrogen) atoms. The number of hydrogen-bond acceptors (Lipinski definition) is 4. The lowest BCUT2D eigenvalue weighted by Crippen LogP contribution is -2.76. The summed E-state index contributed by atoms with van der Waals surface area (Å²) < 4.78 is 1.96. The Balaban J connectivity index is 1.76. The second kappa shape index (κ2) is 3.64. The maximum absolute atomic E-state index is 10.7. The number of nitrogens with zero attached hydrogens (tertiary/aromatic N) is 4. The maximum atomic E-state index is 10.7. The molecule has 0 aliphatic carbocycles. The summed E-state index contributed by atoms with van der Waals surface area (Å²) in [6.45, 7) is 10.6. The van der Waals surface area contributed by atoms with Gasteiger partial charge in [0.1, 0.15) is 0 Å². The summed E-state index contributed by atoms with van der Waals surface area (Å²) in [5.41, 5.74) is 2.60. The molecule has 0 atom stereocenters. The van der Waals surface area contributed by atoms with Crippen LogP contribution in [0.2, 0.25) is 0 Å². The van der Waals surface area contributed by atoms with E-state index in [9.17, 15) is 5.11 Å². The fraction of sp³-hybridized carbons (Fsp3) is 0.800. The largest absolute Gasteiger partial charge is 0.392 e. The van der Waals surface area contributed by atoms with Gasteiger partial charge in [-0.25, -0.2) is 0 Å². The van der Waals surface area contributed by atoms with E-state index in [4.69, 9.17) is 0 Å². The molecule has 5 heterocycles. The predicted molar refractivity (Wildman–Crippen MR) is 76.1 cm³/mol. The van der Waals surface area contributed by atoms with Crippen LogP contribution in [0.4, 0.5) is 0 Å². The number of aliphatic hydroxyl groups excluding tert-OH is 1. The molecule has 0 spiro atoms. The van der Waals surface area contributed by atoms with Crippen molar-refractivity contribution in [2.24, 2.45) is 17.9 Å². The van der Waals surface area contributed by atoms with Crippen LogP contribution in [0.15, 0.2) is 6.20 Å². The summed E-state index contributed by atoms with van der Waals surface area (Å²) >= 11 is 0. The van der Waals surface area contributed by atoms with Crippen LogP contribution in [0.25, 0.3) is 0 Å². The van der Waals surface area contributed by atoms with Gasteiger partial charge in [-0.3, -0.25) is 14.5 Å². The van der Waals surface area contributed by atoms with Crippen LogP contribution in [-0.4, -0.2) is 57.0 Å². The first-order valence-electron chi connectivity index (χ1n) is 7.49. The highest BCUT2D eigenvalue weighted by atomic mass is 16.3. The third kappa shape index (κ3) is 1.41. The lowest BCUT2D eigenvalue weighted by atomic mass is 9.60. The molecule has 110 valence electrons. The van der Waals surface area contributed by atoms with E-state index >= 15 is 0 Å². The SMILES string of the molecule is Cc1c(C2N3CC4(C)CN2CC(C)(C3)C4O)cnn1C. The smallest absolute Gasteiger partial charge is 0.0920 e. The molecule has 0 amide bonds. The Kier molecular flexibility index (Phi) is 2.33. The number of rotatable bonds is 1. The summed E-state index contributed by atoms with van der Waals surface area (Å²) in [7, 11) is 2.01. The van der Waals surface area contributed by atoms with Crippen LogP contribution in [0, 0.1) is 17.8 Å². The fourth-order valence-corrected chi connectivity index (χ4v) is 4.99. The number of piperidine rings is 2. The molecule has 0 aromatic carbocycles. The molecule has 4 fully saturated rings. The highest BCUT2D eigenvalue weighted by Crippen LogP contribution is 2.54. The molecule has 0 radical (unpaired) electrons. The van der Waals surface area contributed by atoms with Gasteiger partial charge in [0.05, 0.1) is 18.5 Å². The third-order valence-electron chi connectivity index (χ3n) is 5.82. The van der Waals surface area contributed by atoms with Crippen LogP contribution in [0.1, 0.15) is 31.3 Å². The second-order valence-electron chi connectivity index (χ2n) is 7.70. The molecule has 4 aliphatic rings. The van der Waals surface area contributed by atoms with Crippen molar-refractivity contribution in [1.82, 2.24) is 19.6 Å². The van der Waals surface area contributed by atoms with E-state index in [1.54, 1.807) is 0 Å². The van der Waals surface area contributed by atoms with Gasteiger partial charge < -0.3 is 5.11 Å². The highest BCUT2D eigenvalue weighted by Gasteiger charge is 2.62. The molecule has 0 unspecified atom stereocenters. The normalized spacial score (nSPS) is 49.9. The van der Waals surface area contributed by atoms with Gasteiger partial charge in [-0.05, 0) is 6.92 Å². The Morgan fingerprint density at radius 3 is 2.05 bits per heavy atom. The molecular weight excluding hydrogens is 252 g/mol. The summed E-state index contributed by atoms with van der Waals surface area (Å²) in [4.78, 5) is 5.09. The van der Waals surface area contributed by atoms with Gasteiger partial charge in [-0.1, -0.05) is 13.8 Å². The van der Waals surface area contributed by atoms with Gasteiger partial charge in [0.2, 0.25) is 0 Å². The molecule has 1 N–H and O–H groups in total. The Morgan fingerprint density at radius 2 is 1.65 bits per heavy atom. The lowest BCUT2D eigenvalue weighted by molar-refractivity contribution is -0.253. The van der Waals surface area contributed by atoms with Crippen molar-refractivity contribution < 1.29 is 5.11 Å². The van der Waals surface area contributed by atoms with Crippen molar-refractivity contribution in [2.45, 2.75) is 33.0 Å². The van der Waals surface area contributed by atoms with E-state index in [0.29, 0.717) is 6.17 Å². The van der Waals surface area contributed by atoms with Gasteiger partial charge in [-0.2, -0.15) is 5.10 Å². The average molecular weight is 276 g/mol. The van der Waals surface area contributed by atoms with E-state index in [0.717, 1.165) is 26.2 Å². The molecule has 5 rings (SSSR count). The zero-order valence-corrected chi connectivity index (χ0v) is 12.8. The zero-order chi connectivity index (χ0) is 14.3. The Morgan fingerprint density at radius 1 is 1.15 bits per heavy atom. The summed E-state index contributed by atoms with van der Waals surface area (Å²) in [5.74, 6) is 0. The molecular formula is C15H24N4O. The van der Waals surface area contributed by atoms with Crippen molar-refractivity contribution in [3.8, 4) is 0 Å². The molecule has 5 heteroatoms. The van der Waals surface area contributed by atoms with Crippen LogP contribution in [0.5, 0.6) is 0 Å². The van der Waals surface area contributed by atoms with Crippen molar-refractivity contribution in [3.05, 3.63) is 17.5 Å². The minimum atomic E-state index is -0.182. The van der Waals surface area contributed by atoms with Crippen LogP contribution in [-0.2, 0) is 7.05 Å². The standard InChI is InChI=1S/C15H24N4O/c1-10-11(5-16-17(10)4)12-18-6-14(2)7-19(12)9-15(3,8-18)13(14)20/h5,12-13,20H,6-9H2,1-4H3. The Bertz CT molecular complexity index is 528. The monoisotopic (exact) mass is 276 g/mol. The van der Waals surface area contributed by atoms with Crippen LogP contribution >= 0.6 is 0 Å². The first-order chi connectivity index (χ1) is 9.34. The molecule has 1 aromatic heterocycles. The Labute approximate surface area is 120 Å². The van der Waals surface area contributed by atoms with Crippen molar-refractivity contribution in [1.29, 1.82) is 0 Å². The lowest BCUT2D eigenvalue weighted by Gasteiger charge is -2.68. The molecule has 4 aliphatic heterocycles. The second-order valence-corrected chi connectivity index (χ2v) is 7.70. The first-order valence-corrected chi connectivity index (χ1v) is 7.49. The van der Waals surface area contributed by atoms with Crippen LogP contribution < -0.4 is 0 Å². The fourth-order valence-electron chi connectivity index (χ4n) is 4.99. The minimum Gasteiger partial charge on any atom is -0.392 e. The van der Waals surface area contributed by atoms with Crippen molar-refractivity contribution in [2.75, 3.05) is 26.2 Å². The van der Waals surface area contributed by atoms with Gasteiger partial charge >= 0.3 is 0 Å². The topological polar surface area (TPSA) is 44.5 Å². The maximum Gasteiger partial charge on any atom is 0.0920 e. The quantitative estimate of drug-likeness (QED) is 0.822. The highest BCUT2D eigenvalue weighted by molar-refractivity contribution is 5.25. The summed E-state index contributed by atoms with van der Waals surface area (Å²) in [5, 5.41) is 15.1. The number of hydrogen-bond donors (Lipinski definition) is 1. The zero-order valence-electron chi connectivity index (χ0n) is 12.8. The minimum absolute atomic E-state index is 0.0118. The van der Waals surface area contributed by atoms with Crippen molar-refractivity contribution in [3.63, 3.8) is 0 Å². The van der Waals surface area contributed by atoms with Gasteiger partial charge in [-0.15, -0.1) is 0 Å². The summed E-state index contributed by atoms with van der Waals surface area (Å²) in [6, 6.07) is 0. The van der Waals surface area contributed by atoms with E-state index in [1.807, 2.05) is 17.9 Å². The van der Waals surface area contributed by atoms with Crippen LogP contribution in [0.3, 0.4) is 0 Å². The number of aromatic nitrogens is 2. The van der Waals surface area contributed by atoms with E-state index < -0.39 is 0 Å². The van der Waals surface area contributed by atoms with Gasteiger partial charge in [0.15, 0.2) is 0 Å².